The van der Waals surface area contributed by atoms with Crippen molar-refractivity contribution >= 4 is 33.3 Å². The van der Waals surface area contributed by atoms with E-state index in [1.807, 2.05) is 49.6 Å². The van der Waals surface area contributed by atoms with Crippen LogP contribution in [0.5, 0.6) is 5.75 Å². The van der Waals surface area contributed by atoms with Crippen molar-refractivity contribution in [2.75, 3.05) is 11.5 Å². The highest BCUT2D eigenvalue weighted by molar-refractivity contribution is 7.14. The average molecular weight is 447 g/mol. The number of carbonyl (C=O) groups excluding carboxylic acids is 1. The molecule has 0 radical (unpaired) electrons. The van der Waals surface area contributed by atoms with Crippen molar-refractivity contribution in [2.24, 2.45) is 0 Å². The van der Waals surface area contributed by atoms with Crippen LogP contribution in [0.3, 0.4) is 0 Å². The van der Waals surface area contributed by atoms with Gasteiger partial charge in [-0.15, -0.1) is 11.3 Å². The number of fused-ring (bicyclic) bond motifs is 2. The third kappa shape index (κ3) is 3.29. The highest BCUT2D eigenvalue weighted by Gasteiger charge is 2.44. The molecule has 162 valence electrons. The number of hydrogen-bond donors (Lipinski definition) is 0. The van der Waals surface area contributed by atoms with E-state index in [0.29, 0.717) is 28.3 Å². The quantitative estimate of drug-likeness (QED) is 0.410. The first kappa shape index (κ1) is 20.5. The number of benzene rings is 2. The Morgan fingerprint density at radius 3 is 2.59 bits per heavy atom. The minimum Gasteiger partial charge on any atom is -0.494 e. The Hall–Kier alpha value is -3.45. The molecule has 2 aromatic carbocycles. The van der Waals surface area contributed by atoms with Crippen molar-refractivity contribution in [3.63, 3.8) is 0 Å². The summed E-state index contributed by atoms with van der Waals surface area (Å²) in [6.07, 6.45) is 0.914. The lowest BCUT2D eigenvalue weighted by Gasteiger charge is -2.22. The van der Waals surface area contributed by atoms with E-state index < -0.39 is 6.04 Å². The molecule has 1 atom stereocenters. The van der Waals surface area contributed by atoms with Crippen LogP contribution in [-0.4, -0.2) is 17.5 Å². The van der Waals surface area contributed by atoms with Crippen molar-refractivity contribution in [3.8, 4) is 5.75 Å². The van der Waals surface area contributed by atoms with E-state index in [4.69, 9.17) is 9.15 Å². The molecule has 3 heterocycles. The van der Waals surface area contributed by atoms with Gasteiger partial charge in [-0.2, -0.15) is 0 Å². The zero-order chi connectivity index (χ0) is 22.4. The first-order valence-electron chi connectivity index (χ1n) is 10.5. The maximum atomic E-state index is 13.6. The van der Waals surface area contributed by atoms with Gasteiger partial charge < -0.3 is 9.15 Å². The van der Waals surface area contributed by atoms with Crippen molar-refractivity contribution in [2.45, 2.75) is 33.2 Å². The fraction of sp³-hybridized carbons (Fsp3) is 0.240. The molecule has 6 nitrogen and oxygen atoms in total. The van der Waals surface area contributed by atoms with E-state index in [-0.39, 0.29) is 17.1 Å². The van der Waals surface area contributed by atoms with E-state index in [1.165, 1.54) is 11.3 Å². The largest absolute Gasteiger partial charge is 0.494 e. The van der Waals surface area contributed by atoms with Gasteiger partial charge in [-0.1, -0.05) is 30.7 Å². The maximum absolute atomic E-state index is 13.6. The number of nitrogens with zero attached hydrogens (tertiary/aromatic N) is 2. The molecule has 7 heteroatoms. The average Bonchev–Trinajstić information content (AvgIpc) is 3.34. The normalized spacial score (nSPS) is 15.4. The fourth-order valence-electron chi connectivity index (χ4n) is 4.02. The van der Waals surface area contributed by atoms with Crippen LogP contribution in [0.25, 0.3) is 11.0 Å². The zero-order valence-corrected chi connectivity index (χ0v) is 18.9. The Kier molecular flexibility index (Phi) is 5.06. The van der Waals surface area contributed by atoms with Gasteiger partial charge in [0.2, 0.25) is 5.76 Å². The Morgan fingerprint density at radius 2 is 1.91 bits per heavy atom. The Morgan fingerprint density at radius 1 is 1.12 bits per heavy atom. The van der Waals surface area contributed by atoms with Crippen LogP contribution in [0.2, 0.25) is 0 Å². The minimum absolute atomic E-state index is 0.0792. The van der Waals surface area contributed by atoms with Gasteiger partial charge in [0.15, 0.2) is 10.6 Å². The zero-order valence-electron chi connectivity index (χ0n) is 18.0. The van der Waals surface area contributed by atoms with Crippen molar-refractivity contribution in [1.82, 2.24) is 4.98 Å². The fourth-order valence-corrected chi connectivity index (χ4v) is 4.85. The van der Waals surface area contributed by atoms with E-state index in [9.17, 15) is 9.59 Å². The summed E-state index contributed by atoms with van der Waals surface area (Å²) in [6.45, 7) is 6.48. The topological polar surface area (TPSA) is 72.6 Å². The molecule has 0 unspecified atom stereocenters. The molecule has 1 amide bonds. The molecule has 32 heavy (non-hydrogen) atoms. The van der Waals surface area contributed by atoms with Gasteiger partial charge in [-0.3, -0.25) is 14.5 Å². The van der Waals surface area contributed by atoms with Crippen molar-refractivity contribution < 1.29 is 13.9 Å². The predicted molar refractivity (Wildman–Crippen MR) is 125 cm³/mol. The molecule has 0 spiro atoms. The van der Waals surface area contributed by atoms with E-state index >= 15 is 0 Å². The van der Waals surface area contributed by atoms with Crippen LogP contribution < -0.4 is 15.1 Å². The summed E-state index contributed by atoms with van der Waals surface area (Å²) in [6, 6.07) is 12.3. The number of rotatable bonds is 5. The van der Waals surface area contributed by atoms with Crippen LogP contribution in [0.1, 0.15) is 52.3 Å². The van der Waals surface area contributed by atoms with E-state index in [1.54, 1.807) is 17.0 Å². The molecule has 0 N–H and O–H groups in total. The number of aromatic nitrogens is 1. The second-order valence-electron chi connectivity index (χ2n) is 7.94. The SMILES string of the molecule is CCCOc1ccc([C@@H]2c3c(oc4ccc(C)cc4c3=O)C(=O)N2c2nc(C)cs2)cc1. The highest BCUT2D eigenvalue weighted by Crippen LogP contribution is 2.42. The van der Waals surface area contributed by atoms with Gasteiger partial charge in [0.05, 0.1) is 29.3 Å². The molecular formula is C25H22N2O4S. The molecule has 5 rings (SSSR count). The van der Waals surface area contributed by atoms with Gasteiger partial charge in [0, 0.05) is 5.38 Å². The number of anilines is 1. The summed E-state index contributed by atoms with van der Waals surface area (Å²) >= 11 is 1.37. The Labute approximate surface area is 189 Å². The van der Waals surface area contributed by atoms with Gasteiger partial charge in [0.25, 0.3) is 5.91 Å². The molecule has 2 aromatic heterocycles. The monoisotopic (exact) mass is 446 g/mol. The van der Waals surface area contributed by atoms with Gasteiger partial charge in [0.1, 0.15) is 11.3 Å². The summed E-state index contributed by atoms with van der Waals surface area (Å²) < 4.78 is 11.7. The number of hydrogen-bond acceptors (Lipinski definition) is 6. The van der Waals surface area contributed by atoms with E-state index in [2.05, 4.69) is 11.9 Å². The number of aryl methyl sites for hydroxylation is 2. The second kappa shape index (κ2) is 7.91. The third-order valence-corrected chi connectivity index (χ3v) is 6.47. The molecule has 0 saturated heterocycles. The Bertz CT molecular complexity index is 1390. The number of ether oxygens (including phenoxy) is 1. The van der Waals surface area contributed by atoms with Crippen molar-refractivity contribution in [3.05, 3.63) is 86.2 Å². The molecule has 1 aliphatic rings. The Balaban J connectivity index is 1.72. The summed E-state index contributed by atoms with van der Waals surface area (Å²) in [5.74, 6) is 0.471. The lowest BCUT2D eigenvalue weighted by Crippen LogP contribution is -2.29. The number of amides is 1. The molecular weight excluding hydrogens is 424 g/mol. The highest BCUT2D eigenvalue weighted by atomic mass is 32.1. The smallest absolute Gasteiger partial charge is 0.297 e. The first-order valence-corrected chi connectivity index (χ1v) is 11.4. The standard InChI is InChI=1S/C25H22N2O4S/c1-4-11-30-17-8-6-16(7-9-17)21-20-22(28)18-12-14(2)5-10-19(18)31-23(20)24(29)27(21)25-26-15(3)13-32-25/h5-10,12-13,21H,4,11H2,1-3H3/t21-/m1/s1. The predicted octanol–water partition coefficient (Wildman–Crippen LogP) is 5.40. The lowest BCUT2D eigenvalue weighted by atomic mass is 9.98. The molecule has 0 fully saturated rings. The molecule has 0 aliphatic carbocycles. The first-order chi connectivity index (χ1) is 15.5. The van der Waals surface area contributed by atoms with Crippen LogP contribution in [0, 0.1) is 13.8 Å². The number of thiazole rings is 1. The summed E-state index contributed by atoms with van der Waals surface area (Å²) in [7, 11) is 0. The summed E-state index contributed by atoms with van der Waals surface area (Å²) in [4.78, 5) is 33.2. The molecule has 1 aliphatic heterocycles. The van der Waals surface area contributed by atoms with Gasteiger partial charge >= 0.3 is 0 Å². The summed E-state index contributed by atoms with van der Waals surface area (Å²) in [5, 5.41) is 2.90. The minimum atomic E-state index is -0.621. The number of carbonyl (C=O) groups is 1. The van der Waals surface area contributed by atoms with Crippen LogP contribution in [-0.2, 0) is 0 Å². The van der Waals surface area contributed by atoms with Crippen LogP contribution in [0.4, 0.5) is 5.13 Å². The second-order valence-corrected chi connectivity index (χ2v) is 8.78. The molecule has 4 aromatic rings. The van der Waals surface area contributed by atoms with Crippen LogP contribution >= 0.6 is 11.3 Å². The summed E-state index contributed by atoms with van der Waals surface area (Å²) in [5.41, 5.74) is 3.14. The molecule has 0 saturated carbocycles. The van der Waals surface area contributed by atoms with Gasteiger partial charge in [-0.25, -0.2) is 4.98 Å². The van der Waals surface area contributed by atoms with Crippen molar-refractivity contribution in [1.29, 1.82) is 0 Å². The van der Waals surface area contributed by atoms with Gasteiger partial charge in [-0.05, 0) is 50.1 Å². The maximum Gasteiger partial charge on any atom is 0.297 e. The van der Waals surface area contributed by atoms with E-state index in [0.717, 1.165) is 29.0 Å². The third-order valence-electron chi connectivity index (χ3n) is 5.51. The molecule has 0 bridgehead atoms. The van der Waals surface area contributed by atoms with Crippen LogP contribution in [0.15, 0.2) is 57.1 Å². The lowest BCUT2D eigenvalue weighted by molar-refractivity contribution is 0.0971.